The van der Waals surface area contributed by atoms with E-state index in [4.69, 9.17) is 11.6 Å². The van der Waals surface area contributed by atoms with Crippen molar-refractivity contribution in [3.8, 4) is 0 Å². The van der Waals surface area contributed by atoms with E-state index in [2.05, 4.69) is 25.2 Å². The summed E-state index contributed by atoms with van der Waals surface area (Å²) in [4.78, 5) is 0. The molecule has 0 aromatic heterocycles. The van der Waals surface area contributed by atoms with Gasteiger partial charge in [-0.2, -0.15) is 0 Å². The van der Waals surface area contributed by atoms with Crippen molar-refractivity contribution in [2.24, 2.45) is 5.92 Å². The largest absolute Gasteiger partial charge is 0.395 e. The minimum atomic E-state index is 0.210. The maximum Gasteiger partial charge on any atom is 0.0587 e. The summed E-state index contributed by atoms with van der Waals surface area (Å²) in [7, 11) is 0. The lowest BCUT2D eigenvalue weighted by Gasteiger charge is -2.39. The van der Waals surface area contributed by atoms with Crippen molar-refractivity contribution >= 4 is 11.6 Å². The quantitative estimate of drug-likeness (QED) is 0.859. The van der Waals surface area contributed by atoms with Crippen molar-refractivity contribution in [1.29, 1.82) is 0 Å². The second-order valence-corrected chi connectivity index (χ2v) is 5.99. The monoisotopic (exact) mass is 267 g/mol. The molecule has 0 radical (unpaired) electrons. The van der Waals surface area contributed by atoms with Gasteiger partial charge in [0.05, 0.1) is 6.61 Å². The molecule has 2 N–H and O–H groups in total. The molecule has 1 atom stereocenters. The van der Waals surface area contributed by atoms with Gasteiger partial charge >= 0.3 is 0 Å². The summed E-state index contributed by atoms with van der Waals surface area (Å²) in [5.41, 5.74) is 1.27. The first kappa shape index (κ1) is 13.9. The number of hydrogen-bond donors (Lipinski definition) is 2. The zero-order valence-electron chi connectivity index (χ0n) is 11.1. The number of aliphatic hydroxyl groups is 1. The van der Waals surface area contributed by atoms with E-state index in [1.54, 1.807) is 0 Å². The zero-order chi connectivity index (χ0) is 13.1. The molecule has 100 valence electrons. The second-order valence-electron chi connectivity index (χ2n) is 5.59. The van der Waals surface area contributed by atoms with E-state index in [0.29, 0.717) is 17.9 Å². The molecule has 0 aliphatic heterocycles. The SMILES string of the molecule is CC(C)[C@@H](CO)NC1CC(c2ccccc2Cl)C1. The van der Waals surface area contributed by atoms with Gasteiger partial charge in [-0.05, 0) is 36.3 Å². The molecule has 3 heteroatoms. The molecule has 2 nitrogen and oxygen atoms in total. The van der Waals surface area contributed by atoms with Gasteiger partial charge in [-0.25, -0.2) is 0 Å². The number of rotatable bonds is 5. The van der Waals surface area contributed by atoms with Crippen molar-refractivity contribution in [3.63, 3.8) is 0 Å². The standard InChI is InChI=1S/C15H22ClNO/c1-10(2)15(9-18)17-12-7-11(8-12)13-5-3-4-6-14(13)16/h3-6,10-12,15,17-18H,7-9H2,1-2H3/t11?,12?,15-/m1/s1. The molecule has 1 aromatic rings. The molecule has 18 heavy (non-hydrogen) atoms. The van der Waals surface area contributed by atoms with Gasteiger partial charge in [-0.1, -0.05) is 43.6 Å². The van der Waals surface area contributed by atoms with E-state index in [9.17, 15) is 5.11 Å². The van der Waals surface area contributed by atoms with Gasteiger partial charge in [0.15, 0.2) is 0 Å². The lowest BCUT2D eigenvalue weighted by molar-refractivity contribution is 0.169. The van der Waals surface area contributed by atoms with E-state index in [0.717, 1.165) is 17.9 Å². The zero-order valence-corrected chi connectivity index (χ0v) is 11.8. The lowest BCUT2D eigenvalue weighted by atomic mass is 9.75. The van der Waals surface area contributed by atoms with Crippen molar-refractivity contribution < 1.29 is 5.11 Å². The van der Waals surface area contributed by atoms with Gasteiger partial charge in [0.2, 0.25) is 0 Å². The van der Waals surface area contributed by atoms with Crippen LogP contribution in [0.15, 0.2) is 24.3 Å². The molecule has 0 spiro atoms. The van der Waals surface area contributed by atoms with E-state index >= 15 is 0 Å². The number of benzene rings is 1. The number of nitrogens with one attached hydrogen (secondary N) is 1. The number of hydrogen-bond acceptors (Lipinski definition) is 2. The van der Waals surface area contributed by atoms with Crippen molar-refractivity contribution in [1.82, 2.24) is 5.32 Å². The normalized spacial score (nSPS) is 24.9. The molecule has 0 saturated heterocycles. The molecule has 0 amide bonds. The van der Waals surface area contributed by atoms with Crippen LogP contribution >= 0.6 is 11.6 Å². The fourth-order valence-corrected chi connectivity index (χ4v) is 2.86. The van der Waals surface area contributed by atoms with Crippen molar-refractivity contribution in [3.05, 3.63) is 34.9 Å². The van der Waals surface area contributed by atoms with Crippen LogP contribution in [0.4, 0.5) is 0 Å². The Labute approximate surface area is 114 Å². The van der Waals surface area contributed by atoms with Gasteiger partial charge in [-0.3, -0.25) is 0 Å². The first-order valence-electron chi connectivity index (χ1n) is 6.73. The summed E-state index contributed by atoms with van der Waals surface area (Å²) in [5, 5.41) is 13.7. The topological polar surface area (TPSA) is 32.3 Å². The van der Waals surface area contributed by atoms with E-state index < -0.39 is 0 Å². The Bertz CT molecular complexity index is 388. The van der Waals surface area contributed by atoms with Crippen molar-refractivity contribution in [2.45, 2.75) is 44.7 Å². The summed E-state index contributed by atoms with van der Waals surface area (Å²) in [5.74, 6) is 1.04. The molecule has 0 bridgehead atoms. The van der Waals surface area contributed by atoms with Crippen LogP contribution in [-0.2, 0) is 0 Å². The summed E-state index contributed by atoms with van der Waals surface area (Å²) < 4.78 is 0. The highest BCUT2D eigenvalue weighted by atomic mass is 35.5. The van der Waals surface area contributed by atoms with Gasteiger partial charge in [-0.15, -0.1) is 0 Å². The summed E-state index contributed by atoms with van der Waals surface area (Å²) in [6, 6.07) is 8.83. The van der Waals surface area contributed by atoms with Crippen LogP contribution in [0.1, 0.15) is 38.2 Å². The Hall–Kier alpha value is -0.570. The third-order valence-electron chi connectivity index (χ3n) is 3.93. The highest BCUT2D eigenvalue weighted by Gasteiger charge is 2.32. The molecular formula is C15H22ClNO. The maximum absolute atomic E-state index is 9.31. The average molecular weight is 268 g/mol. The first-order chi connectivity index (χ1) is 8.61. The van der Waals surface area contributed by atoms with Gasteiger partial charge in [0.1, 0.15) is 0 Å². The molecule has 2 rings (SSSR count). The third-order valence-corrected chi connectivity index (χ3v) is 4.28. The van der Waals surface area contributed by atoms with Crippen LogP contribution in [0.5, 0.6) is 0 Å². The summed E-state index contributed by atoms with van der Waals surface area (Å²) in [6.07, 6.45) is 2.24. The van der Waals surface area contributed by atoms with Crippen LogP contribution in [-0.4, -0.2) is 23.8 Å². The third kappa shape index (κ3) is 3.05. The Morgan fingerprint density at radius 2 is 2.00 bits per heavy atom. The van der Waals surface area contributed by atoms with Crippen LogP contribution in [0.3, 0.4) is 0 Å². The molecule has 1 aliphatic rings. The predicted molar refractivity (Wildman–Crippen MR) is 76.1 cm³/mol. The van der Waals surface area contributed by atoms with Gasteiger partial charge in [0.25, 0.3) is 0 Å². The second kappa shape index (κ2) is 6.05. The number of aliphatic hydroxyl groups excluding tert-OH is 1. The van der Waals surface area contributed by atoms with E-state index in [1.807, 2.05) is 18.2 Å². The minimum absolute atomic E-state index is 0.210. The Morgan fingerprint density at radius 3 is 2.56 bits per heavy atom. The molecular weight excluding hydrogens is 246 g/mol. The van der Waals surface area contributed by atoms with E-state index in [1.165, 1.54) is 5.56 Å². The number of halogens is 1. The minimum Gasteiger partial charge on any atom is -0.395 e. The van der Waals surface area contributed by atoms with Crippen molar-refractivity contribution in [2.75, 3.05) is 6.61 Å². The van der Waals surface area contributed by atoms with Crippen LogP contribution < -0.4 is 5.32 Å². The Balaban J connectivity index is 1.86. The van der Waals surface area contributed by atoms with Gasteiger partial charge < -0.3 is 10.4 Å². The smallest absolute Gasteiger partial charge is 0.0587 e. The Morgan fingerprint density at radius 1 is 1.33 bits per heavy atom. The first-order valence-corrected chi connectivity index (χ1v) is 7.11. The molecule has 1 fully saturated rings. The molecule has 1 aromatic carbocycles. The highest BCUT2D eigenvalue weighted by molar-refractivity contribution is 6.31. The lowest BCUT2D eigenvalue weighted by Crippen LogP contribution is -2.49. The summed E-state index contributed by atoms with van der Waals surface area (Å²) in [6.45, 7) is 4.49. The summed E-state index contributed by atoms with van der Waals surface area (Å²) >= 11 is 6.20. The Kier molecular flexibility index (Phi) is 4.66. The van der Waals surface area contributed by atoms with Crippen LogP contribution in [0, 0.1) is 5.92 Å². The highest BCUT2D eigenvalue weighted by Crippen LogP contribution is 2.40. The van der Waals surface area contributed by atoms with Gasteiger partial charge in [0, 0.05) is 17.1 Å². The molecule has 0 unspecified atom stereocenters. The van der Waals surface area contributed by atoms with E-state index in [-0.39, 0.29) is 12.6 Å². The molecule has 1 aliphatic carbocycles. The fraction of sp³-hybridized carbons (Fsp3) is 0.600. The maximum atomic E-state index is 9.31. The van der Waals surface area contributed by atoms with Crippen LogP contribution in [0.2, 0.25) is 5.02 Å². The molecule has 1 saturated carbocycles. The molecule has 0 heterocycles. The van der Waals surface area contributed by atoms with Crippen LogP contribution in [0.25, 0.3) is 0 Å². The predicted octanol–water partition coefficient (Wildman–Crippen LogP) is 3.19. The average Bonchev–Trinajstić information content (AvgIpc) is 2.29. The fourth-order valence-electron chi connectivity index (χ4n) is 2.57.